The van der Waals surface area contributed by atoms with Crippen LogP contribution in [0.15, 0.2) is 29.5 Å². The van der Waals surface area contributed by atoms with Gasteiger partial charge in [0.15, 0.2) is 0 Å². The summed E-state index contributed by atoms with van der Waals surface area (Å²) in [4.78, 5) is 10.7. The van der Waals surface area contributed by atoms with E-state index in [1.807, 2.05) is 18.5 Å². The minimum absolute atomic E-state index is 0.391. The van der Waals surface area contributed by atoms with Gasteiger partial charge in [-0.05, 0) is 36.7 Å². The molecule has 84 valence electrons. The highest BCUT2D eigenvalue weighted by Gasteiger charge is 2.17. The third kappa shape index (κ3) is 3.20. The second-order valence-electron chi connectivity index (χ2n) is 4.09. The van der Waals surface area contributed by atoms with Crippen LogP contribution in [-0.4, -0.2) is 34.2 Å². The number of hydrogen-bond acceptors (Lipinski definition) is 4. The Balaban J connectivity index is 1.84. The number of nitrogens with zero attached hydrogens (tertiary/aromatic N) is 3. The van der Waals surface area contributed by atoms with Crippen molar-refractivity contribution in [1.29, 1.82) is 0 Å². The van der Waals surface area contributed by atoms with Gasteiger partial charge in [-0.1, -0.05) is 6.07 Å². The molecule has 0 atom stereocenters. The molecule has 0 saturated carbocycles. The van der Waals surface area contributed by atoms with Crippen LogP contribution in [0.3, 0.4) is 0 Å². The zero-order valence-electron chi connectivity index (χ0n) is 9.17. The van der Waals surface area contributed by atoms with Crippen LogP contribution in [-0.2, 0) is 6.54 Å². The number of piperidine rings is 1. The molecule has 0 bridgehead atoms. The van der Waals surface area contributed by atoms with Crippen molar-refractivity contribution in [2.75, 3.05) is 13.1 Å². The quantitative estimate of drug-likeness (QED) is 0.591. The van der Waals surface area contributed by atoms with Crippen molar-refractivity contribution >= 4 is 17.4 Å². The Labute approximate surface area is 101 Å². The molecule has 1 fully saturated rings. The van der Waals surface area contributed by atoms with E-state index in [1.54, 1.807) is 0 Å². The molecular formula is C12H15N3S. The fourth-order valence-electron chi connectivity index (χ4n) is 2.03. The van der Waals surface area contributed by atoms with E-state index in [4.69, 9.17) is 0 Å². The van der Waals surface area contributed by atoms with Crippen molar-refractivity contribution in [2.24, 2.45) is 4.99 Å². The molecule has 0 spiro atoms. The predicted octanol–water partition coefficient (Wildman–Crippen LogP) is 2.15. The lowest BCUT2D eigenvalue weighted by Gasteiger charge is -2.29. The average Bonchev–Trinajstić information content (AvgIpc) is 2.33. The van der Waals surface area contributed by atoms with Gasteiger partial charge < -0.3 is 0 Å². The lowest BCUT2D eigenvalue weighted by Crippen LogP contribution is -2.34. The van der Waals surface area contributed by atoms with Gasteiger partial charge in [0.25, 0.3) is 0 Å². The molecule has 1 aliphatic rings. The topological polar surface area (TPSA) is 28.5 Å². The van der Waals surface area contributed by atoms with Gasteiger partial charge in [-0.3, -0.25) is 9.88 Å². The van der Waals surface area contributed by atoms with E-state index in [0.717, 1.165) is 32.5 Å². The Bertz CT molecular complexity index is 365. The summed E-state index contributed by atoms with van der Waals surface area (Å²) in [5.41, 5.74) is 1.28. The highest BCUT2D eigenvalue weighted by molar-refractivity contribution is 7.78. The second kappa shape index (κ2) is 5.85. The summed E-state index contributed by atoms with van der Waals surface area (Å²) in [7, 11) is 0. The van der Waals surface area contributed by atoms with E-state index in [2.05, 4.69) is 38.3 Å². The van der Waals surface area contributed by atoms with Crippen LogP contribution in [0.2, 0.25) is 0 Å². The molecule has 4 heteroatoms. The van der Waals surface area contributed by atoms with Crippen molar-refractivity contribution in [2.45, 2.75) is 25.4 Å². The number of likely N-dealkylation sites (tertiary alicyclic amines) is 1. The predicted molar refractivity (Wildman–Crippen MR) is 67.6 cm³/mol. The molecule has 1 aliphatic heterocycles. The molecule has 0 radical (unpaired) electrons. The van der Waals surface area contributed by atoms with Gasteiger partial charge in [0.05, 0.1) is 11.2 Å². The Morgan fingerprint density at radius 2 is 2.31 bits per heavy atom. The summed E-state index contributed by atoms with van der Waals surface area (Å²) in [5, 5.41) is 2.48. The summed E-state index contributed by atoms with van der Waals surface area (Å²) in [6.07, 6.45) is 5.92. The molecule has 16 heavy (non-hydrogen) atoms. The molecular weight excluding hydrogens is 218 g/mol. The van der Waals surface area contributed by atoms with Gasteiger partial charge in [-0.2, -0.15) is 0 Å². The highest BCUT2D eigenvalue weighted by atomic mass is 32.1. The molecule has 0 amide bonds. The lowest BCUT2D eigenvalue weighted by atomic mass is 10.1. The third-order valence-electron chi connectivity index (χ3n) is 2.92. The van der Waals surface area contributed by atoms with E-state index < -0.39 is 0 Å². The van der Waals surface area contributed by atoms with Gasteiger partial charge in [0.2, 0.25) is 0 Å². The van der Waals surface area contributed by atoms with Crippen LogP contribution in [0.4, 0.5) is 0 Å². The van der Waals surface area contributed by atoms with Crippen LogP contribution in [0, 0.1) is 0 Å². The molecule has 0 aromatic carbocycles. The van der Waals surface area contributed by atoms with E-state index in [9.17, 15) is 0 Å². The van der Waals surface area contributed by atoms with Crippen LogP contribution in [0.25, 0.3) is 0 Å². The summed E-state index contributed by atoms with van der Waals surface area (Å²) in [5.74, 6) is 0. The SMILES string of the molecule is S=C=NC1CCN(Cc2cccnc2)CC1. The molecule has 3 nitrogen and oxygen atoms in total. The van der Waals surface area contributed by atoms with Gasteiger partial charge in [0.1, 0.15) is 0 Å². The first-order valence-corrected chi connectivity index (χ1v) is 5.97. The molecule has 0 unspecified atom stereocenters. The molecule has 1 aromatic heterocycles. The second-order valence-corrected chi connectivity index (χ2v) is 4.27. The summed E-state index contributed by atoms with van der Waals surface area (Å²) in [6.45, 7) is 3.15. The molecule has 2 rings (SSSR count). The fraction of sp³-hybridized carbons (Fsp3) is 0.500. The van der Waals surface area contributed by atoms with Gasteiger partial charge in [0, 0.05) is 32.0 Å². The zero-order chi connectivity index (χ0) is 11.2. The van der Waals surface area contributed by atoms with Crippen molar-refractivity contribution < 1.29 is 0 Å². The maximum Gasteiger partial charge on any atom is 0.0627 e. The third-order valence-corrected chi connectivity index (χ3v) is 3.03. The van der Waals surface area contributed by atoms with E-state index >= 15 is 0 Å². The monoisotopic (exact) mass is 233 g/mol. The number of thiocarbonyl (C=S) groups is 1. The van der Waals surface area contributed by atoms with Crippen LogP contribution in [0.5, 0.6) is 0 Å². The maximum absolute atomic E-state index is 4.63. The minimum atomic E-state index is 0.391. The van der Waals surface area contributed by atoms with Crippen LogP contribution in [0.1, 0.15) is 18.4 Å². The lowest BCUT2D eigenvalue weighted by molar-refractivity contribution is 0.206. The maximum atomic E-state index is 4.63. The molecule has 1 aromatic rings. The number of pyridine rings is 1. The van der Waals surface area contributed by atoms with Crippen molar-refractivity contribution in [3.63, 3.8) is 0 Å². The summed E-state index contributed by atoms with van der Waals surface area (Å²) >= 11 is 4.63. The number of rotatable bonds is 3. The first-order valence-electron chi connectivity index (χ1n) is 5.57. The largest absolute Gasteiger partial charge is 0.299 e. The number of aliphatic imine (C=N–C) groups is 1. The Morgan fingerprint density at radius 3 is 2.94 bits per heavy atom. The fourth-order valence-corrected chi connectivity index (χ4v) is 2.18. The Hall–Kier alpha value is -1.09. The van der Waals surface area contributed by atoms with Gasteiger partial charge in [-0.25, -0.2) is 4.99 Å². The minimum Gasteiger partial charge on any atom is -0.299 e. The first kappa shape index (κ1) is 11.4. The highest BCUT2D eigenvalue weighted by Crippen LogP contribution is 2.15. The first-order chi connectivity index (χ1) is 7.88. The average molecular weight is 233 g/mol. The van der Waals surface area contributed by atoms with E-state index in [-0.39, 0.29) is 0 Å². The van der Waals surface area contributed by atoms with Gasteiger partial charge >= 0.3 is 0 Å². The van der Waals surface area contributed by atoms with Crippen LogP contribution >= 0.6 is 12.2 Å². The van der Waals surface area contributed by atoms with E-state index in [1.165, 1.54) is 5.56 Å². The number of aromatic nitrogens is 1. The number of hydrogen-bond donors (Lipinski definition) is 0. The van der Waals surface area contributed by atoms with Crippen molar-refractivity contribution in [1.82, 2.24) is 9.88 Å². The molecule has 0 aliphatic carbocycles. The Morgan fingerprint density at radius 1 is 1.50 bits per heavy atom. The summed E-state index contributed by atoms with van der Waals surface area (Å²) in [6, 6.07) is 4.50. The van der Waals surface area contributed by atoms with E-state index in [0.29, 0.717) is 6.04 Å². The Kier molecular flexibility index (Phi) is 4.17. The van der Waals surface area contributed by atoms with Crippen molar-refractivity contribution in [3.8, 4) is 0 Å². The van der Waals surface area contributed by atoms with Crippen LogP contribution < -0.4 is 0 Å². The standard InChI is InChI=1S/C12H15N3S/c16-10-14-12-3-6-15(7-4-12)9-11-2-1-5-13-8-11/h1-2,5,8,12H,3-4,6-7,9H2. The molecule has 1 saturated heterocycles. The zero-order valence-corrected chi connectivity index (χ0v) is 9.99. The normalized spacial score (nSPS) is 18.0. The van der Waals surface area contributed by atoms with Crippen molar-refractivity contribution in [3.05, 3.63) is 30.1 Å². The smallest absolute Gasteiger partial charge is 0.0627 e. The molecule has 0 N–H and O–H groups in total. The summed E-state index contributed by atoms with van der Waals surface area (Å²) < 4.78 is 0. The number of isothiocyanates is 1. The van der Waals surface area contributed by atoms with Gasteiger partial charge in [-0.15, -0.1) is 0 Å². The molecule has 2 heterocycles.